The SMILES string of the molecule is CCC#Cn1c(N2CCNCC2)nc2cnn(Cc3ccc(N)cn3)c(=O)c21. The van der Waals surface area contributed by atoms with E-state index in [1.807, 2.05) is 6.92 Å². The molecule has 3 N–H and O–H groups in total. The summed E-state index contributed by atoms with van der Waals surface area (Å²) in [5.41, 5.74) is 7.71. The highest BCUT2D eigenvalue weighted by molar-refractivity contribution is 5.78. The van der Waals surface area contributed by atoms with Crippen LogP contribution in [0.2, 0.25) is 0 Å². The number of nitrogens with two attached hydrogens (primary N) is 1. The Bertz CT molecular complexity index is 1100. The van der Waals surface area contributed by atoms with Gasteiger partial charge in [0.2, 0.25) is 5.95 Å². The predicted molar refractivity (Wildman–Crippen MR) is 108 cm³/mol. The highest BCUT2D eigenvalue weighted by atomic mass is 16.1. The van der Waals surface area contributed by atoms with Crippen LogP contribution in [0.3, 0.4) is 0 Å². The first-order valence-corrected chi connectivity index (χ1v) is 9.31. The molecule has 144 valence electrons. The van der Waals surface area contributed by atoms with E-state index in [0.29, 0.717) is 34.8 Å². The van der Waals surface area contributed by atoms with Gasteiger partial charge in [0.1, 0.15) is 5.52 Å². The molecule has 0 unspecified atom stereocenters. The molecule has 0 spiro atoms. The predicted octanol–water partition coefficient (Wildman–Crippen LogP) is 0.247. The first-order chi connectivity index (χ1) is 13.7. The Labute approximate surface area is 162 Å². The summed E-state index contributed by atoms with van der Waals surface area (Å²) in [5.74, 6) is 3.75. The van der Waals surface area contributed by atoms with Gasteiger partial charge >= 0.3 is 0 Å². The zero-order valence-corrected chi connectivity index (χ0v) is 15.7. The van der Waals surface area contributed by atoms with E-state index >= 15 is 0 Å². The first-order valence-electron chi connectivity index (χ1n) is 9.31. The van der Waals surface area contributed by atoms with Gasteiger partial charge in [-0.05, 0) is 12.1 Å². The van der Waals surface area contributed by atoms with Crippen LogP contribution >= 0.6 is 0 Å². The molecule has 0 amide bonds. The van der Waals surface area contributed by atoms with Gasteiger partial charge in [0.05, 0.1) is 30.3 Å². The van der Waals surface area contributed by atoms with Crippen molar-refractivity contribution in [2.75, 3.05) is 36.8 Å². The van der Waals surface area contributed by atoms with Crippen molar-refractivity contribution in [3.05, 3.63) is 40.6 Å². The molecule has 4 heterocycles. The van der Waals surface area contributed by atoms with Gasteiger partial charge in [-0.15, -0.1) is 0 Å². The quantitative estimate of drug-likeness (QED) is 0.629. The molecule has 1 saturated heterocycles. The van der Waals surface area contributed by atoms with E-state index < -0.39 is 0 Å². The monoisotopic (exact) mass is 378 g/mol. The second-order valence-corrected chi connectivity index (χ2v) is 6.55. The molecule has 1 aliphatic heterocycles. The number of rotatable bonds is 3. The lowest BCUT2D eigenvalue weighted by atomic mass is 10.3. The number of piperazine rings is 1. The number of aromatic nitrogens is 5. The number of nitrogen functional groups attached to an aromatic ring is 1. The third kappa shape index (κ3) is 3.42. The van der Waals surface area contributed by atoms with Crippen LogP contribution in [-0.4, -0.2) is 50.5 Å². The number of pyridine rings is 1. The minimum absolute atomic E-state index is 0.240. The minimum atomic E-state index is -0.240. The maximum Gasteiger partial charge on any atom is 0.294 e. The van der Waals surface area contributed by atoms with Crippen molar-refractivity contribution < 1.29 is 0 Å². The van der Waals surface area contributed by atoms with Crippen molar-refractivity contribution in [3.63, 3.8) is 0 Å². The van der Waals surface area contributed by atoms with Gasteiger partial charge in [-0.25, -0.2) is 14.2 Å². The molecule has 0 bridgehead atoms. The largest absolute Gasteiger partial charge is 0.397 e. The number of imidazole rings is 1. The number of nitrogens with zero attached hydrogens (tertiary/aromatic N) is 6. The summed E-state index contributed by atoms with van der Waals surface area (Å²) in [6, 6.07) is 6.63. The van der Waals surface area contributed by atoms with Crippen LogP contribution in [0.15, 0.2) is 29.3 Å². The number of hydrogen-bond acceptors (Lipinski definition) is 7. The van der Waals surface area contributed by atoms with Crippen molar-refractivity contribution >= 4 is 22.7 Å². The summed E-state index contributed by atoms with van der Waals surface area (Å²) in [5, 5.41) is 7.61. The Balaban J connectivity index is 1.81. The molecule has 3 aromatic heterocycles. The molecule has 4 rings (SSSR count). The number of fused-ring (bicyclic) bond motifs is 1. The lowest BCUT2D eigenvalue weighted by Crippen LogP contribution is -2.44. The summed E-state index contributed by atoms with van der Waals surface area (Å²) < 4.78 is 3.09. The summed E-state index contributed by atoms with van der Waals surface area (Å²) in [6.07, 6.45) is 3.87. The highest BCUT2D eigenvalue weighted by Gasteiger charge is 2.21. The van der Waals surface area contributed by atoms with Crippen LogP contribution < -0.4 is 21.5 Å². The lowest BCUT2D eigenvalue weighted by Gasteiger charge is -2.27. The van der Waals surface area contributed by atoms with Crippen molar-refractivity contribution in [1.29, 1.82) is 0 Å². The topological polar surface area (TPSA) is 107 Å². The summed E-state index contributed by atoms with van der Waals surface area (Å²) in [7, 11) is 0. The maximum atomic E-state index is 13.2. The third-order valence-electron chi connectivity index (χ3n) is 4.57. The number of hydrogen-bond donors (Lipinski definition) is 2. The van der Waals surface area contributed by atoms with E-state index in [9.17, 15) is 4.79 Å². The molecule has 0 radical (unpaired) electrons. The molecular weight excluding hydrogens is 356 g/mol. The molecule has 0 aliphatic carbocycles. The molecule has 1 aliphatic rings. The Morgan fingerprint density at radius 3 is 2.79 bits per heavy atom. The van der Waals surface area contributed by atoms with Crippen molar-refractivity contribution in [1.82, 2.24) is 29.6 Å². The van der Waals surface area contributed by atoms with Crippen LogP contribution in [0.25, 0.3) is 11.0 Å². The van der Waals surface area contributed by atoms with E-state index in [2.05, 4.69) is 37.2 Å². The first kappa shape index (κ1) is 18.0. The normalized spacial score (nSPS) is 14.1. The average Bonchev–Trinajstić information content (AvgIpc) is 3.10. The van der Waals surface area contributed by atoms with E-state index in [4.69, 9.17) is 5.73 Å². The van der Waals surface area contributed by atoms with Gasteiger partial charge in [-0.1, -0.05) is 12.8 Å². The standard InChI is InChI=1S/C19H22N8O/c1-2-3-8-26-17-16(24-19(26)25-9-6-21-7-10-25)12-23-27(18(17)28)13-15-5-4-14(20)11-22-15/h4-5,11-12,21H,2,6-7,9-10,13,20H2,1H3. The molecule has 1 fully saturated rings. The molecule has 3 aromatic rings. The summed E-state index contributed by atoms with van der Waals surface area (Å²) in [6.45, 7) is 5.60. The number of nitrogens with one attached hydrogen (secondary N) is 1. The van der Waals surface area contributed by atoms with Crippen LogP contribution in [0.4, 0.5) is 11.6 Å². The number of anilines is 2. The van der Waals surface area contributed by atoms with E-state index in [0.717, 1.165) is 26.2 Å². The molecule has 0 saturated carbocycles. The molecular formula is C19H22N8O. The van der Waals surface area contributed by atoms with Gasteiger partial charge in [-0.2, -0.15) is 5.10 Å². The molecule has 9 heteroatoms. The minimum Gasteiger partial charge on any atom is -0.397 e. The van der Waals surface area contributed by atoms with E-state index in [1.54, 1.807) is 29.1 Å². The second kappa shape index (κ2) is 7.70. The summed E-state index contributed by atoms with van der Waals surface area (Å²) >= 11 is 0. The second-order valence-electron chi connectivity index (χ2n) is 6.55. The Morgan fingerprint density at radius 1 is 1.25 bits per heavy atom. The highest BCUT2D eigenvalue weighted by Crippen LogP contribution is 2.19. The van der Waals surface area contributed by atoms with Gasteiger partial charge in [0.25, 0.3) is 5.56 Å². The van der Waals surface area contributed by atoms with Crippen LogP contribution in [0, 0.1) is 12.0 Å². The molecule has 0 aromatic carbocycles. The smallest absolute Gasteiger partial charge is 0.294 e. The Morgan fingerprint density at radius 2 is 2.07 bits per heavy atom. The van der Waals surface area contributed by atoms with Gasteiger partial charge < -0.3 is 16.0 Å². The lowest BCUT2D eigenvalue weighted by molar-refractivity contribution is 0.579. The third-order valence-corrected chi connectivity index (χ3v) is 4.57. The zero-order chi connectivity index (χ0) is 19.5. The zero-order valence-electron chi connectivity index (χ0n) is 15.7. The molecule has 0 atom stereocenters. The fourth-order valence-electron chi connectivity index (χ4n) is 3.16. The summed E-state index contributed by atoms with van der Waals surface area (Å²) in [4.78, 5) is 24.2. The Kier molecular flexibility index (Phi) is 4.95. The van der Waals surface area contributed by atoms with Gasteiger partial charge in [0.15, 0.2) is 5.52 Å². The van der Waals surface area contributed by atoms with E-state index in [1.165, 1.54) is 4.68 Å². The Hall–Kier alpha value is -3.38. The fourth-order valence-corrected chi connectivity index (χ4v) is 3.16. The van der Waals surface area contributed by atoms with Crippen LogP contribution in [0.1, 0.15) is 19.0 Å². The molecule has 28 heavy (non-hydrogen) atoms. The van der Waals surface area contributed by atoms with Gasteiger partial charge in [0, 0.05) is 38.6 Å². The van der Waals surface area contributed by atoms with E-state index in [-0.39, 0.29) is 12.1 Å². The van der Waals surface area contributed by atoms with Crippen molar-refractivity contribution in [2.45, 2.75) is 19.9 Å². The maximum absolute atomic E-state index is 13.2. The molecule has 9 nitrogen and oxygen atoms in total. The average molecular weight is 378 g/mol. The van der Waals surface area contributed by atoms with Crippen LogP contribution in [0.5, 0.6) is 0 Å². The fraction of sp³-hybridized carbons (Fsp3) is 0.368. The van der Waals surface area contributed by atoms with Gasteiger partial charge in [-0.3, -0.25) is 9.78 Å². The van der Waals surface area contributed by atoms with Crippen molar-refractivity contribution in [2.24, 2.45) is 0 Å². The van der Waals surface area contributed by atoms with Crippen molar-refractivity contribution in [3.8, 4) is 12.0 Å². The van der Waals surface area contributed by atoms with Crippen LogP contribution in [-0.2, 0) is 6.54 Å².